The standard InChI is InChI=1S/C7H12F3NO/c1-3-6(12)11-4-5(2)7(8,9)10/h5H,3-4H2,1-2H3,(H,11,12). The SMILES string of the molecule is CCC(=O)NCC(C)C(F)(F)F. The van der Waals surface area contributed by atoms with Gasteiger partial charge in [0.05, 0.1) is 5.92 Å². The lowest BCUT2D eigenvalue weighted by molar-refractivity contribution is -0.168. The van der Waals surface area contributed by atoms with Crippen LogP contribution in [-0.4, -0.2) is 18.6 Å². The summed E-state index contributed by atoms with van der Waals surface area (Å²) >= 11 is 0. The molecule has 0 saturated heterocycles. The quantitative estimate of drug-likeness (QED) is 0.709. The van der Waals surface area contributed by atoms with Crippen LogP contribution in [0, 0.1) is 5.92 Å². The normalized spacial score (nSPS) is 14.1. The Morgan fingerprint density at radius 3 is 2.33 bits per heavy atom. The molecule has 0 aromatic heterocycles. The van der Waals surface area contributed by atoms with Crippen LogP contribution < -0.4 is 5.32 Å². The lowest BCUT2D eigenvalue weighted by atomic mass is 10.2. The highest BCUT2D eigenvalue weighted by Gasteiger charge is 2.35. The molecule has 0 spiro atoms. The van der Waals surface area contributed by atoms with Gasteiger partial charge in [0.15, 0.2) is 0 Å². The van der Waals surface area contributed by atoms with Crippen molar-refractivity contribution in [2.75, 3.05) is 6.54 Å². The molecule has 0 aliphatic heterocycles. The van der Waals surface area contributed by atoms with E-state index in [-0.39, 0.29) is 18.9 Å². The minimum Gasteiger partial charge on any atom is -0.356 e. The van der Waals surface area contributed by atoms with Crippen molar-refractivity contribution in [2.24, 2.45) is 5.92 Å². The van der Waals surface area contributed by atoms with Gasteiger partial charge < -0.3 is 5.32 Å². The summed E-state index contributed by atoms with van der Waals surface area (Å²) in [6.07, 6.45) is -4.01. The fourth-order valence-corrected chi connectivity index (χ4v) is 0.508. The van der Waals surface area contributed by atoms with E-state index in [1.54, 1.807) is 6.92 Å². The third-order valence-corrected chi connectivity index (χ3v) is 1.49. The van der Waals surface area contributed by atoms with Crippen LogP contribution in [0.3, 0.4) is 0 Å². The molecule has 2 nitrogen and oxygen atoms in total. The van der Waals surface area contributed by atoms with Crippen LogP contribution in [0.1, 0.15) is 20.3 Å². The third kappa shape index (κ3) is 4.20. The zero-order chi connectivity index (χ0) is 9.78. The van der Waals surface area contributed by atoms with Crippen LogP contribution in [0.5, 0.6) is 0 Å². The highest BCUT2D eigenvalue weighted by molar-refractivity contribution is 5.75. The number of nitrogens with one attached hydrogen (secondary N) is 1. The van der Waals surface area contributed by atoms with Crippen molar-refractivity contribution in [1.29, 1.82) is 0 Å². The second-order valence-corrected chi connectivity index (χ2v) is 2.60. The van der Waals surface area contributed by atoms with Gasteiger partial charge >= 0.3 is 6.18 Å². The molecule has 5 heteroatoms. The Kier molecular flexibility index (Phi) is 4.06. The number of hydrogen-bond donors (Lipinski definition) is 1. The molecule has 0 radical (unpaired) electrons. The molecular formula is C7H12F3NO. The minimum atomic E-state index is -4.22. The molecule has 0 bridgehead atoms. The lowest BCUT2D eigenvalue weighted by Gasteiger charge is -2.15. The van der Waals surface area contributed by atoms with Crippen LogP contribution in [-0.2, 0) is 4.79 Å². The predicted molar refractivity (Wildman–Crippen MR) is 38.5 cm³/mol. The van der Waals surface area contributed by atoms with Crippen molar-refractivity contribution in [3.63, 3.8) is 0 Å². The van der Waals surface area contributed by atoms with Crippen LogP contribution in [0.4, 0.5) is 13.2 Å². The zero-order valence-electron chi connectivity index (χ0n) is 7.03. The number of rotatable bonds is 3. The second kappa shape index (κ2) is 4.33. The molecule has 0 aromatic carbocycles. The summed E-state index contributed by atoms with van der Waals surface area (Å²) in [4.78, 5) is 10.6. The highest BCUT2D eigenvalue weighted by Crippen LogP contribution is 2.24. The first-order valence-corrected chi connectivity index (χ1v) is 3.71. The average Bonchev–Trinajstić information content (AvgIpc) is 1.97. The zero-order valence-corrected chi connectivity index (χ0v) is 7.03. The number of halogens is 3. The Hall–Kier alpha value is -0.740. The molecule has 1 N–H and O–H groups in total. The lowest BCUT2D eigenvalue weighted by Crippen LogP contribution is -2.34. The van der Waals surface area contributed by atoms with Crippen molar-refractivity contribution < 1.29 is 18.0 Å². The fourth-order valence-electron chi connectivity index (χ4n) is 0.508. The first-order chi connectivity index (χ1) is 5.38. The molecule has 1 atom stereocenters. The van der Waals surface area contributed by atoms with E-state index in [2.05, 4.69) is 5.32 Å². The molecule has 0 saturated carbocycles. The summed E-state index contributed by atoms with van der Waals surface area (Å²) in [6, 6.07) is 0. The predicted octanol–water partition coefficient (Wildman–Crippen LogP) is 1.71. The largest absolute Gasteiger partial charge is 0.393 e. The first kappa shape index (κ1) is 11.3. The molecule has 72 valence electrons. The maximum absolute atomic E-state index is 11.9. The van der Waals surface area contributed by atoms with Crippen molar-refractivity contribution in [1.82, 2.24) is 5.32 Å². The van der Waals surface area contributed by atoms with Crippen molar-refractivity contribution in [3.05, 3.63) is 0 Å². The van der Waals surface area contributed by atoms with Crippen LogP contribution in [0.25, 0.3) is 0 Å². The van der Waals surface area contributed by atoms with Gasteiger partial charge in [0, 0.05) is 13.0 Å². The maximum Gasteiger partial charge on any atom is 0.393 e. The molecule has 0 aromatic rings. The summed E-state index contributed by atoms with van der Waals surface area (Å²) in [5, 5.41) is 2.18. The van der Waals surface area contributed by atoms with E-state index >= 15 is 0 Å². The smallest absolute Gasteiger partial charge is 0.356 e. The minimum absolute atomic E-state index is 0.213. The number of carbonyl (C=O) groups is 1. The Labute approximate surface area is 69.1 Å². The molecule has 0 rings (SSSR count). The van der Waals surface area contributed by atoms with Crippen LogP contribution in [0.15, 0.2) is 0 Å². The van der Waals surface area contributed by atoms with Gasteiger partial charge in [0.1, 0.15) is 0 Å². The van der Waals surface area contributed by atoms with Gasteiger partial charge in [-0.15, -0.1) is 0 Å². The van der Waals surface area contributed by atoms with Gasteiger partial charge in [-0.2, -0.15) is 13.2 Å². The maximum atomic E-state index is 11.9. The molecule has 0 heterocycles. The Morgan fingerprint density at radius 1 is 1.50 bits per heavy atom. The third-order valence-electron chi connectivity index (χ3n) is 1.49. The van der Waals surface area contributed by atoms with Gasteiger partial charge in [-0.05, 0) is 0 Å². The van der Waals surface area contributed by atoms with Crippen LogP contribution in [0.2, 0.25) is 0 Å². The van der Waals surface area contributed by atoms with Gasteiger partial charge in [-0.3, -0.25) is 4.79 Å². The van der Waals surface area contributed by atoms with E-state index in [9.17, 15) is 18.0 Å². The summed E-state index contributed by atoms with van der Waals surface area (Å²) in [6.45, 7) is 2.29. The highest BCUT2D eigenvalue weighted by atomic mass is 19.4. The van der Waals surface area contributed by atoms with Gasteiger partial charge in [0.2, 0.25) is 5.91 Å². The molecule has 0 aliphatic rings. The number of carbonyl (C=O) groups excluding carboxylic acids is 1. The van der Waals surface area contributed by atoms with Gasteiger partial charge in [-0.25, -0.2) is 0 Å². The molecule has 0 aliphatic carbocycles. The topological polar surface area (TPSA) is 29.1 Å². The van der Waals surface area contributed by atoms with E-state index in [1.165, 1.54) is 0 Å². The van der Waals surface area contributed by atoms with E-state index in [0.29, 0.717) is 0 Å². The fraction of sp³-hybridized carbons (Fsp3) is 0.857. The van der Waals surface area contributed by atoms with Crippen molar-refractivity contribution in [3.8, 4) is 0 Å². The Bertz CT molecular complexity index is 155. The summed E-state index contributed by atoms with van der Waals surface area (Å²) in [7, 11) is 0. The second-order valence-electron chi connectivity index (χ2n) is 2.60. The summed E-state index contributed by atoms with van der Waals surface area (Å²) in [5.74, 6) is -1.83. The summed E-state index contributed by atoms with van der Waals surface area (Å²) < 4.78 is 35.6. The van der Waals surface area contributed by atoms with Crippen molar-refractivity contribution >= 4 is 5.91 Å². The summed E-state index contributed by atoms with van der Waals surface area (Å²) in [5.41, 5.74) is 0. The Morgan fingerprint density at radius 2 is 2.00 bits per heavy atom. The molecule has 0 fully saturated rings. The molecule has 1 amide bonds. The first-order valence-electron chi connectivity index (χ1n) is 3.71. The molecule has 12 heavy (non-hydrogen) atoms. The molecular weight excluding hydrogens is 171 g/mol. The number of amides is 1. The van der Waals surface area contributed by atoms with E-state index in [4.69, 9.17) is 0 Å². The van der Waals surface area contributed by atoms with E-state index in [0.717, 1.165) is 6.92 Å². The number of hydrogen-bond acceptors (Lipinski definition) is 1. The van der Waals surface area contributed by atoms with Gasteiger partial charge in [-0.1, -0.05) is 13.8 Å². The average molecular weight is 183 g/mol. The van der Waals surface area contributed by atoms with Crippen LogP contribution >= 0.6 is 0 Å². The monoisotopic (exact) mass is 183 g/mol. The van der Waals surface area contributed by atoms with E-state index < -0.39 is 12.1 Å². The van der Waals surface area contributed by atoms with E-state index in [1.807, 2.05) is 0 Å². The van der Waals surface area contributed by atoms with Crippen molar-refractivity contribution in [2.45, 2.75) is 26.4 Å². The Balaban J connectivity index is 3.72. The number of alkyl halides is 3. The van der Waals surface area contributed by atoms with Gasteiger partial charge in [0.25, 0.3) is 0 Å². The molecule has 1 unspecified atom stereocenters.